The molecule has 1 saturated carbocycles. The van der Waals surface area contributed by atoms with Crippen molar-refractivity contribution in [1.29, 1.82) is 0 Å². The van der Waals surface area contributed by atoms with E-state index in [2.05, 4.69) is 0 Å². The van der Waals surface area contributed by atoms with Crippen molar-refractivity contribution in [3.63, 3.8) is 0 Å². The minimum Gasteiger partial charge on any atom is -0.481 e. The van der Waals surface area contributed by atoms with Gasteiger partial charge in [0.2, 0.25) is 0 Å². The van der Waals surface area contributed by atoms with E-state index in [1.165, 1.54) is 12.1 Å². The summed E-state index contributed by atoms with van der Waals surface area (Å²) >= 11 is 6.21. The van der Waals surface area contributed by atoms with Crippen LogP contribution in [0.4, 0.5) is 0 Å². The number of rotatable bonds is 4. The molecule has 1 saturated heterocycles. The number of carbonyl (C=O) groups is 1. The number of aliphatic carboxylic acids is 1. The van der Waals surface area contributed by atoms with Gasteiger partial charge in [-0.15, -0.1) is 0 Å². The molecular weight excluding hydrogens is 340 g/mol. The average Bonchev–Trinajstić information content (AvgIpc) is 2.45. The van der Waals surface area contributed by atoms with Gasteiger partial charge in [0.15, 0.2) is 9.84 Å². The molecule has 3 rings (SSSR count). The number of hydrogen-bond donors (Lipinski definition) is 1. The van der Waals surface area contributed by atoms with Crippen LogP contribution in [0.1, 0.15) is 37.7 Å². The third-order valence-electron chi connectivity index (χ3n) is 4.95. The second kappa shape index (κ2) is 6.07. The number of benzene rings is 1. The van der Waals surface area contributed by atoms with Gasteiger partial charge < -0.3 is 9.84 Å². The van der Waals surface area contributed by atoms with Crippen LogP contribution in [0.15, 0.2) is 23.1 Å². The third-order valence-corrected chi connectivity index (χ3v) is 7.50. The van der Waals surface area contributed by atoms with Gasteiger partial charge in [-0.05, 0) is 30.5 Å². The normalized spacial score (nSPS) is 21.6. The zero-order chi connectivity index (χ0) is 16.7. The fraction of sp³-hybridized carbons (Fsp3) is 0.562. The van der Waals surface area contributed by atoms with Crippen molar-refractivity contribution in [3.05, 3.63) is 28.8 Å². The van der Waals surface area contributed by atoms with Crippen LogP contribution in [0.25, 0.3) is 0 Å². The molecule has 2 fully saturated rings. The number of ether oxygens (including phenoxy) is 1. The summed E-state index contributed by atoms with van der Waals surface area (Å²) < 4.78 is 29.9. The van der Waals surface area contributed by atoms with Gasteiger partial charge in [0.05, 0.1) is 28.5 Å². The quantitative estimate of drug-likeness (QED) is 0.895. The third kappa shape index (κ3) is 2.77. The Kier molecular flexibility index (Phi) is 4.42. The fourth-order valence-electron chi connectivity index (χ4n) is 3.38. The van der Waals surface area contributed by atoms with E-state index in [1.807, 2.05) is 0 Å². The molecule has 0 amide bonds. The van der Waals surface area contributed by atoms with Gasteiger partial charge in [-0.1, -0.05) is 36.9 Å². The molecular formula is C16H19ClO5S. The highest BCUT2D eigenvalue weighted by Crippen LogP contribution is 2.41. The van der Waals surface area contributed by atoms with Crippen LogP contribution in [0, 0.1) is 0 Å². The number of carboxylic acid groups (broad SMARTS) is 1. The van der Waals surface area contributed by atoms with Crippen molar-refractivity contribution in [2.24, 2.45) is 0 Å². The Hall–Kier alpha value is -1.11. The lowest BCUT2D eigenvalue weighted by Crippen LogP contribution is -2.41. The van der Waals surface area contributed by atoms with Crippen molar-refractivity contribution >= 4 is 27.4 Å². The van der Waals surface area contributed by atoms with Gasteiger partial charge >= 0.3 is 5.97 Å². The van der Waals surface area contributed by atoms with Gasteiger partial charge in [-0.25, -0.2) is 8.42 Å². The minimum atomic E-state index is -3.52. The van der Waals surface area contributed by atoms with Gasteiger partial charge in [0.1, 0.15) is 5.25 Å². The molecule has 0 bridgehead atoms. The maximum Gasteiger partial charge on any atom is 0.314 e. The summed E-state index contributed by atoms with van der Waals surface area (Å²) in [6.45, 7) is 0.360. The SMILES string of the molecule is O=C(O)C1(c2ccc(S(=O)(=O)C3COC3)c(Cl)c2)CCCCC1. The first-order valence-corrected chi connectivity index (χ1v) is 9.65. The van der Waals surface area contributed by atoms with Crippen LogP contribution in [0.3, 0.4) is 0 Å². The molecule has 0 aromatic heterocycles. The van der Waals surface area contributed by atoms with Gasteiger partial charge in [0, 0.05) is 0 Å². The van der Waals surface area contributed by atoms with Crippen molar-refractivity contribution in [2.75, 3.05) is 13.2 Å². The summed E-state index contributed by atoms with van der Waals surface area (Å²) in [5.41, 5.74) is -0.359. The highest BCUT2D eigenvalue weighted by atomic mass is 35.5. The summed E-state index contributed by atoms with van der Waals surface area (Å²) in [7, 11) is -3.52. The molecule has 0 unspecified atom stereocenters. The minimum absolute atomic E-state index is 0.0626. The largest absolute Gasteiger partial charge is 0.481 e. The van der Waals surface area contributed by atoms with E-state index in [9.17, 15) is 18.3 Å². The van der Waals surface area contributed by atoms with E-state index < -0.39 is 26.5 Å². The Morgan fingerprint density at radius 1 is 1.22 bits per heavy atom. The van der Waals surface area contributed by atoms with Crippen LogP contribution in [-0.2, 0) is 24.8 Å². The molecule has 0 atom stereocenters. The average molecular weight is 359 g/mol. The lowest BCUT2D eigenvalue weighted by atomic mass is 9.69. The zero-order valence-corrected chi connectivity index (χ0v) is 14.2. The Balaban J connectivity index is 2.00. The maximum absolute atomic E-state index is 12.5. The molecule has 1 N–H and O–H groups in total. The second-order valence-corrected chi connectivity index (χ2v) is 8.90. The molecule has 1 aliphatic carbocycles. The van der Waals surface area contributed by atoms with Crippen molar-refractivity contribution < 1.29 is 23.1 Å². The standard InChI is InChI=1S/C16H19ClO5S/c17-13-8-11(16(15(18)19)6-2-1-3-7-16)4-5-14(13)23(20,21)12-9-22-10-12/h4-5,8,12H,1-3,6-7,9-10H2,(H,18,19). The molecule has 0 spiro atoms. The second-order valence-electron chi connectivity index (χ2n) is 6.30. The number of halogens is 1. The Labute approximate surface area is 140 Å². The zero-order valence-electron chi connectivity index (χ0n) is 12.6. The molecule has 5 nitrogen and oxygen atoms in total. The van der Waals surface area contributed by atoms with Gasteiger partial charge in [-0.2, -0.15) is 0 Å². The highest BCUT2D eigenvalue weighted by molar-refractivity contribution is 7.92. The number of sulfone groups is 1. The Morgan fingerprint density at radius 2 is 1.87 bits per heavy atom. The smallest absolute Gasteiger partial charge is 0.314 e. The van der Waals surface area contributed by atoms with E-state index in [0.717, 1.165) is 19.3 Å². The summed E-state index contributed by atoms with van der Waals surface area (Å²) in [5.74, 6) is -0.865. The molecule has 1 aromatic rings. The predicted octanol–water partition coefficient (Wildman–Crippen LogP) is 2.80. The van der Waals surface area contributed by atoms with E-state index >= 15 is 0 Å². The number of hydrogen-bond acceptors (Lipinski definition) is 4. The van der Waals surface area contributed by atoms with Crippen LogP contribution >= 0.6 is 11.6 Å². The van der Waals surface area contributed by atoms with Crippen molar-refractivity contribution in [2.45, 2.75) is 47.7 Å². The fourth-order valence-corrected chi connectivity index (χ4v) is 5.38. The van der Waals surface area contributed by atoms with Crippen molar-refractivity contribution in [1.82, 2.24) is 0 Å². The predicted molar refractivity (Wildman–Crippen MR) is 85.6 cm³/mol. The van der Waals surface area contributed by atoms with Crippen LogP contribution < -0.4 is 0 Å². The van der Waals surface area contributed by atoms with Crippen LogP contribution in [-0.4, -0.2) is 38.0 Å². The van der Waals surface area contributed by atoms with Crippen LogP contribution in [0.2, 0.25) is 5.02 Å². The lowest BCUT2D eigenvalue weighted by Gasteiger charge is -2.34. The Bertz CT molecular complexity index is 718. The summed E-state index contributed by atoms with van der Waals surface area (Å²) in [6, 6.07) is 4.58. The molecule has 1 heterocycles. The van der Waals surface area contributed by atoms with E-state index in [4.69, 9.17) is 16.3 Å². The first kappa shape index (κ1) is 16.7. The van der Waals surface area contributed by atoms with E-state index in [1.54, 1.807) is 6.07 Å². The van der Waals surface area contributed by atoms with Gasteiger partial charge in [0.25, 0.3) is 0 Å². The first-order valence-electron chi connectivity index (χ1n) is 7.73. The van der Waals surface area contributed by atoms with Gasteiger partial charge in [-0.3, -0.25) is 4.79 Å². The lowest BCUT2D eigenvalue weighted by molar-refractivity contribution is -0.145. The van der Waals surface area contributed by atoms with E-state index in [-0.39, 0.29) is 23.1 Å². The molecule has 0 radical (unpaired) electrons. The van der Waals surface area contributed by atoms with E-state index in [0.29, 0.717) is 18.4 Å². The van der Waals surface area contributed by atoms with Crippen molar-refractivity contribution in [3.8, 4) is 0 Å². The summed E-state index contributed by atoms with van der Waals surface area (Å²) in [4.78, 5) is 11.9. The maximum atomic E-state index is 12.5. The molecule has 2 aliphatic rings. The summed E-state index contributed by atoms with van der Waals surface area (Å²) in [6.07, 6.45) is 3.84. The van der Waals surface area contributed by atoms with Crippen LogP contribution in [0.5, 0.6) is 0 Å². The summed E-state index contributed by atoms with van der Waals surface area (Å²) in [5, 5.41) is 9.26. The molecule has 7 heteroatoms. The highest BCUT2D eigenvalue weighted by Gasteiger charge is 2.42. The topological polar surface area (TPSA) is 80.7 Å². The molecule has 1 aliphatic heterocycles. The Morgan fingerprint density at radius 3 is 2.35 bits per heavy atom. The number of carboxylic acids is 1. The monoisotopic (exact) mass is 358 g/mol. The molecule has 23 heavy (non-hydrogen) atoms. The molecule has 1 aromatic carbocycles. The molecule has 126 valence electrons. The first-order chi connectivity index (χ1) is 10.9.